The number of carbonyl (C=O) groups is 1. The van der Waals surface area contributed by atoms with Gasteiger partial charge in [0.25, 0.3) is 0 Å². The van der Waals surface area contributed by atoms with Gasteiger partial charge < -0.3 is 10.6 Å². The van der Waals surface area contributed by atoms with Crippen molar-refractivity contribution >= 4 is 28.2 Å². The monoisotopic (exact) mass is 426 g/mol. The number of para-hydroxylation sites is 1. The number of hydrogen-bond acceptors (Lipinski definition) is 5. The predicted octanol–water partition coefficient (Wildman–Crippen LogP) is 1.69. The molecule has 0 radical (unpaired) electrons. The zero-order valence-electron chi connectivity index (χ0n) is 16.4. The second kappa shape index (κ2) is 8.63. The number of carbonyl (C=O) groups excluding carboxylic acids is 1. The van der Waals surface area contributed by atoms with Gasteiger partial charge in [-0.1, -0.05) is 18.2 Å². The Bertz CT molecular complexity index is 950. The van der Waals surface area contributed by atoms with E-state index >= 15 is 0 Å². The highest BCUT2D eigenvalue weighted by atomic mass is 35.5. The fourth-order valence-electron chi connectivity index (χ4n) is 3.67. The third kappa shape index (κ3) is 4.24. The number of halogens is 1. The van der Waals surface area contributed by atoms with Crippen molar-refractivity contribution in [3.05, 3.63) is 47.3 Å². The molecule has 0 atom stereocenters. The summed E-state index contributed by atoms with van der Waals surface area (Å²) < 4.78 is 25.3. The Morgan fingerprint density at radius 1 is 1.25 bits per heavy atom. The fraction of sp³-hybridized carbons (Fsp3) is 0.474. The number of benzene rings is 1. The molecule has 1 aromatic heterocycles. The van der Waals surface area contributed by atoms with Gasteiger partial charge in [0.05, 0.1) is 11.4 Å². The van der Waals surface area contributed by atoms with E-state index in [2.05, 4.69) is 15.7 Å². The fourth-order valence-corrected chi connectivity index (χ4v) is 5.03. The van der Waals surface area contributed by atoms with Crippen LogP contribution in [-0.4, -0.2) is 48.2 Å². The number of rotatable bonds is 5. The molecule has 9 heteroatoms. The lowest BCUT2D eigenvalue weighted by Crippen LogP contribution is -2.57. The van der Waals surface area contributed by atoms with E-state index in [0.29, 0.717) is 13.1 Å². The molecule has 1 aliphatic rings. The van der Waals surface area contributed by atoms with Crippen molar-refractivity contribution in [1.82, 2.24) is 20.4 Å². The first kappa shape index (κ1) is 22.4. The highest BCUT2D eigenvalue weighted by Crippen LogP contribution is 2.28. The van der Waals surface area contributed by atoms with Crippen LogP contribution in [0.25, 0.3) is 5.69 Å². The molecule has 7 nitrogen and oxygen atoms in total. The van der Waals surface area contributed by atoms with E-state index in [0.717, 1.165) is 28.9 Å². The minimum absolute atomic E-state index is 0. The predicted molar refractivity (Wildman–Crippen MR) is 112 cm³/mol. The van der Waals surface area contributed by atoms with Crippen LogP contribution in [0, 0.1) is 13.8 Å². The minimum Gasteiger partial charge on any atom is -0.351 e. The lowest BCUT2D eigenvalue weighted by atomic mass is 9.95. The summed E-state index contributed by atoms with van der Waals surface area (Å²) in [7, 11) is -3.53. The number of hydrogen-bond donors (Lipinski definition) is 2. The molecule has 28 heavy (non-hydrogen) atoms. The van der Waals surface area contributed by atoms with Crippen LogP contribution >= 0.6 is 12.4 Å². The SMILES string of the molecule is Cc1cc(C)n(-c2ccccc2CNC(=O)C2(S(C)(=O)=O)CCNCC2)n1.Cl. The van der Waals surface area contributed by atoms with Gasteiger partial charge in [0.1, 0.15) is 0 Å². The molecular formula is C19H27ClN4O3S. The van der Waals surface area contributed by atoms with E-state index in [-0.39, 0.29) is 31.8 Å². The second-order valence-electron chi connectivity index (χ2n) is 7.17. The molecule has 1 aromatic carbocycles. The molecule has 0 saturated carbocycles. The summed E-state index contributed by atoms with van der Waals surface area (Å²) in [5.74, 6) is -0.422. The molecule has 154 valence electrons. The van der Waals surface area contributed by atoms with E-state index in [4.69, 9.17) is 0 Å². The van der Waals surface area contributed by atoms with Crippen LogP contribution < -0.4 is 10.6 Å². The number of sulfone groups is 1. The zero-order valence-corrected chi connectivity index (χ0v) is 18.0. The average molecular weight is 427 g/mol. The van der Waals surface area contributed by atoms with Gasteiger partial charge in [-0.15, -0.1) is 12.4 Å². The van der Waals surface area contributed by atoms with Crippen molar-refractivity contribution in [2.45, 2.75) is 38.0 Å². The molecule has 0 spiro atoms. The average Bonchev–Trinajstić information content (AvgIpc) is 2.97. The maximum absolute atomic E-state index is 12.9. The molecule has 1 aliphatic heterocycles. The topological polar surface area (TPSA) is 93.1 Å². The Morgan fingerprint density at radius 3 is 2.46 bits per heavy atom. The molecule has 0 unspecified atom stereocenters. The van der Waals surface area contributed by atoms with Crippen LogP contribution in [0.2, 0.25) is 0 Å². The molecule has 3 rings (SSSR count). The van der Waals surface area contributed by atoms with Crippen LogP contribution in [0.5, 0.6) is 0 Å². The third-order valence-electron chi connectivity index (χ3n) is 5.20. The molecule has 2 N–H and O–H groups in total. The normalized spacial score (nSPS) is 16.2. The molecule has 2 heterocycles. The summed E-state index contributed by atoms with van der Waals surface area (Å²) in [5, 5.41) is 10.5. The molecule has 1 fully saturated rings. The number of aromatic nitrogens is 2. The smallest absolute Gasteiger partial charge is 0.241 e. The summed E-state index contributed by atoms with van der Waals surface area (Å²) in [6.07, 6.45) is 1.73. The summed E-state index contributed by atoms with van der Waals surface area (Å²) in [5.41, 5.74) is 3.67. The van der Waals surface area contributed by atoms with E-state index in [9.17, 15) is 13.2 Å². The van der Waals surface area contributed by atoms with Crippen LogP contribution in [0.1, 0.15) is 29.8 Å². The number of amides is 1. The van der Waals surface area contributed by atoms with Gasteiger partial charge in [0.2, 0.25) is 5.91 Å². The van der Waals surface area contributed by atoms with E-state index in [1.807, 2.05) is 48.9 Å². The molecule has 0 bridgehead atoms. The Kier molecular flexibility index (Phi) is 6.90. The lowest BCUT2D eigenvalue weighted by molar-refractivity contribution is -0.124. The summed E-state index contributed by atoms with van der Waals surface area (Å²) in [6, 6.07) is 9.66. The lowest BCUT2D eigenvalue weighted by Gasteiger charge is -2.34. The summed E-state index contributed by atoms with van der Waals surface area (Å²) >= 11 is 0. The van der Waals surface area contributed by atoms with Gasteiger partial charge in [-0.05, 0) is 57.5 Å². The van der Waals surface area contributed by atoms with Crippen molar-refractivity contribution in [2.24, 2.45) is 0 Å². The van der Waals surface area contributed by atoms with E-state index in [1.54, 1.807) is 0 Å². The Morgan fingerprint density at radius 2 is 1.89 bits per heavy atom. The van der Waals surface area contributed by atoms with Gasteiger partial charge >= 0.3 is 0 Å². The van der Waals surface area contributed by atoms with Crippen molar-refractivity contribution in [1.29, 1.82) is 0 Å². The van der Waals surface area contributed by atoms with Gasteiger partial charge in [-0.2, -0.15) is 5.10 Å². The minimum atomic E-state index is -3.53. The van der Waals surface area contributed by atoms with Gasteiger partial charge in [0.15, 0.2) is 14.6 Å². The van der Waals surface area contributed by atoms with Crippen molar-refractivity contribution < 1.29 is 13.2 Å². The Labute approximate surface area is 172 Å². The van der Waals surface area contributed by atoms with Crippen LogP contribution in [0.3, 0.4) is 0 Å². The van der Waals surface area contributed by atoms with Crippen LogP contribution in [0.4, 0.5) is 0 Å². The summed E-state index contributed by atoms with van der Waals surface area (Å²) in [4.78, 5) is 12.9. The highest BCUT2D eigenvalue weighted by Gasteiger charge is 2.48. The number of nitrogens with zero attached hydrogens (tertiary/aromatic N) is 2. The summed E-state index contributed by atoms with van der Waals surface area (Å²) in [6.45, 7) is 5.19. The largest absolute Gasteiger partial charge is 0.351 e. The molecule has 1 amide bonds. The van der Waals surface area contributed by atoms with Gasteiger partial charge in [-0.3, -0.25) is 4.79 Å². The third-order valence-corrected chi connectivity index (χ3v) is 7.22. The number of nitrogens with one attached hydrogen (secondary N) is 2. The number of aryl methyl sites for hydroxylation is 2. The van der Waals surface area contributed by atoms with Crippen molar-refractivity contribution in [3.8, 4) is 5.69 Å². The maximum Gasteiger partial charge on any atom is 0.241 e. The van der Waals surface area contributed by atoms with E-state index in [1.165, 1.54) is 0 Å². The number of piperidine rings is 1. The molecule has 1 saturated heterocycles. The molecule has 0 aliphatic carbocycles. The van der Waals surface area contributed by atoms with Crippen LogP contribution in [0.15, 0.2) is 30.3 Å². The molecule has 2 aromatic rings. The zero-order chi connectivity index (χ0) is 19.7. The molecular weight excluding hydrogens is 400 g/mol. The van der Waals surface area contributed by atoms with Gasteiger partial charge in [0, 0.05) is 18.5 Å². The van der Waals surface area contributed by atoms with E-state index < -0.39 is 20.5 Å². The Hall–Kier alpha value is -1.90. The van der Waals surface area contributed by atoms with Crippen molar-refractivity contribution in [2.75, 3.05) is 19.3 Å². The van der Waals surface area contributed by atoms with Crippen molar-refractivity contribution in [3.63, 3.8) is 0 Å². The first-order valence-corrected chi connectivity index (χ1v) is 10.9. The Balaban J connectivity index is 0.00000280. The van der Waals surface area contributed by atoms with Gasteiger partial charge in [-0.25, -0.2) is 13.1 Å². The first-order chi connectivity index (χ1) is 12.7. The standard InChI is InChI=1S/C19H26N4O3S.ClH/c1-14-12-15(2)23(22-14)17-7-5-4-6-16(17)13-21-18(24)19(27(3,25)26)8-10-20-11-9-19;/h4-7,12,20H,8-11,13H2,1-3H3,(H,21,24);1H. The van der Waals surface area contributed by atoms with Crippen LogP contribution in [-0.2, 0) is 21.2 Å². The quantitative estimate of drug-likeness (QED) is 0.758. The second-order valence-corrected chi connectivity index (χ2v) is 9.49. The first-order valence-electron chi connectivity index (χ1n) is 9.05. The maximum atomic E-state index is 12.9. The highest BCUT2D eigenvalue weighted by molar-refractivity contribution is 7.92.